The second kappa shape index (κ2) is 4.03. The highest BCUT2D eigenvalue weighted by atomic mass is 16.5. The molecule has 1 N–H and O–H groups in total. The van der Waals surface area contributed by atoms with Crippen LogP contribution in [0.15, 0.2) is 41.4 Å². The van der Waals surface area contributed by atoms with Crippen molar-refractivity contribution in [2.75, 3.05) is 0 Å². The Hall–Kier alpha value is -2.14. The van der Waals surface area contributed by atoms with Crippen LogP contribution in [-0.4, -0.2) is 19.8 Å². The van der Waals surface area contributed by atoms with Gasteiger partial charge in [0, 0.05) is 22.7 Å². The summed E-state index contributed by atoms with van der Waals surface area (Å²) in [5.74, 6) is 0.621. The normalized spacial score (nSPS) is 11.1. The highest BCUT2D eigenvalue weighted by Crippen LogP contribution is 2.21. The summed E-state index contributed by atoms with van der Waals surface area (Å²) in [4.78, 5) is 3.99. The Labute approximate surface area is 97.3 Å². The molecule has 1 aromatic carbocycles. The van der Waals surface area contributed by atoms with Gasteiger partial charge in [-0.05, 0) is 6.07 Å². The van der Waals surface area contributed by atoms with Crippen molar-refractivity contribution in [2.24, 2.45) is 0 Å². The Kier molecular flexibility index (Phi) is 2.38. The Bertz CT molecular complexity index is 628. The summed E-state index contributed by atoms with van der Waals surface area (Å²) in [7, 11) is 0. The van der Waals surface area contributed by atoms with Crippen molar-refractivity contribution >= 4 is 10.9 Å². The summed E-state index contributed by atoms with van der Waals surface area (Å²) in [5, 5.41) is 14.2. The fraction of sp³-hybridized carbons (Fsp3) is 0.167. The Morgan fingerprint density at radius 3 is 2.94 bits per heavy atom. The Balaban J connectivity index is 2.10. The molecular formula is C12H11N3O2. The van der Waals surface area contributed by atoms with Crippen molar-refractivity contribution in [1.82, 2.24) is 14.7 Å². The van der Waals surface area contributed by atoms with Gasteiger partial charge in [-0.2, -0.15) is 4.98 Å². The second-order valence-electron chi connectivity index (χ2n) is 3.80. The summed E-state index contributed by atoms with van der Waals surface area (Å²) >= 11 is 0. The van der Waals surface area contributed by atoms with E-state index in [0.717, 1.165) is 16.5 Å². The van der Waals surface area contributed by atoms with Crippen LogP contribution in [0.3, 0.4) is 0 Å². The standard InChI is InChI=1S/C12H11N3O2/c16-7-9-5-15(6-12-13-8-17-14-12)11-4-2-1-3-10(9)11/h1-5,8,16H,6-7H2. The monoisotopic (exact) mass is 229 g/mol. The Morgan fingerprint density at radius 1 is 1.29 bits per heavy atom. The summed E-state index contributed by atoms with van der Waals surface area (Å²) < 4.78 is 6.71. The molecule has 0 saturated heterocycles. The lowest BCUT2D eigenvalue weighted by Gasteiger charge is -2.00. The fourth-order valence-corrected chi connectivity index (χ4v) is 1.99. The van der Waals surface area contributed by atoms with Gasteiger partial charge in [-0.1, -0.05) is 23.4 Å². The van der Waals surface area contributed by atoms with Crippen LogP contribution in [0.1, 0.15) is 11.4 Å². The van der Waals surface area contributed by atoms with E-state index in [2.05, 4.69) is 10.1 Å². The van der Waals surface area contributed by atoms with E-state index in [4.69, 9.17) is 4.52 Å². The first-order chi connectivity index (χ1) is 8.38. The van der Waals surface area contributed by atoms with E-state index in [-0.39, 0.29) is 6.61 Å². The van der Waals surface area contributed by atoms with Crippen LogP contribution in [0.2, 0.25) is 0 Å². The van der Waals surface area contributed by atoms with Gasteiger partial charge in [0.25, 0.3) is 0 Å². The first kappa shape index (κ1) is 10.0. The van der Waals surface area contributed by atoms with Crippen LogP contribution in [0.25, 0.3) is 10.9 Å². The minimum Gasteiger partial charge on any atom is -0.392 e. The van der Waals surface area contributed by atoms with Crippen molar-refractivity contribution in [1.29, 1.82) is 0 Å². The number of rotatable bonds is 3. The minimum absolute atomic E-state index is 0.0275. The van der Waals surface area contributed by atoms with E-state index in [0.29, 0.717) is 12.4 Å². The molecule has 0 aliphatic heterocycles. The number of hydrogen-bond donors (Lipinski definition) is 1. The molecule has 0 fully saturated rings. The molecule has 3 rings (SSSR count). The van der Waals surface area contributed by atoms with Crippen molar-refractivity contribution in [3.8, 4) is 0 Å². The number of aromatic nitrogens is 3. The van der Waals surface area contributed by atoms with Gasteiger partial charge in [0.1, 0.15) is 0 Å². The second-order valence-corrected chi connectivity index (χ2v) is 3.80. The zero-order valence-electron chi connectivity index (χ0n) is 9.08. The summed E-state index contributed by atoms with van der Waals surface area (Å²) in [6.45, 7) is 0.566. The summed E-state index contributed by atoms with van der Waals surface area (Å²) in [5.41, 5.74) is 1.96. The average molecular weight is 229 g/mol. The van der Waals surface area contributed by atoms with E-state index in [9.17, 15) is 5.11 Å². The number of nitrogens with zero attached hydrogens (tertiary/aromatic N) is 3. The highest BCUT2D eigenvalue weighted by Gasteiger charge is 2.08. The molecular weight excluding hydrogens is 218 g/mol. The Morgan fingerprint density at radius 2 is 2.18 bits per heavy atom. The smallest absolute Gasteiger partial charge is 0.213 e. The number of benzene rings is 1. The van der Waals surface area contributed by atoms with E-state index in [1.807, 2.05) is 35.0 Å². The molecule has 2 aromatic heterocycles. The molecule has 5 heteroatoms. The molecule has 0 amide bonds. The number of fused-ring (bicyclic) bond motifs is 1. The van der Waals surface area contributed by atoms with Gasteiger partial charge in [0.2, 0.25) is 6.39 Å². The molecule has 0 bridgehead atoms. The van der Waals surface area contributed by atoms with E-state index < -0.39 is 0 Å². The van der Waals surface area contributed by atoms with Crippen LogP contribution in [0, 0.1) is 0 Å². The third kappa shape index (κ3) is 1.70. The maximum absolute atomic E-state index is 9.31. The highest BCUT2D eigenvalue weighted by molar-refractivity contribution is 5.83. The zero-order valence-corrected chi connectivity index (χ0v) is 9.08. The molecule has 86 valence electrons. The zero-order chi connectivity index (χ0) is 11.7. The molecule has 2 heterocycles. The lowest BCUT2D eigenvalue weighted by atomic mass is 10.2. The van der Waals surface area contributed by atoms with E-state index >= 15 is 0 Å². The third-order valence-corrected chi connectivity index (χ3v) is 2.76. The van der Waals surface area contributed by atoms with Crippen molar-refractivity contribution in [2.45, 2.75) is 13.2 Å². The van der Waals surface area contributed by atoms with E-state index in [1.165, 1.54) is 6.39 Å². The van der Waals surface area contributed by atoms with Crippen LogP contribution in [0.4, 0.5) is 0 Å². The lowest BCUT2D eigenvalue weighted by molar-refractivity contribution is 0.283. The summed E-state index contributed by atoms with van der Waals surface area (Å²) in [6.07, 6.45) is 3.23. The van der Waals surface area contributed by atoms with Gasteiger partial charge in [0.15, 0.2) is 5.82 Å². The number of para-hydroxylation sites is 1. The average Bonchev–Trinajstić information content (AvgIpc) is 2.98. The maximum Gasteiger partial charge on any atom is 0.213 e. The van der Waals surface area contributed by atoms with Gasteiger partial charge in [-0.25, -0.2) is 0 Å². The summed E-state index contributed by atoms with van der Waals surface area (Å²) in [6, 6.07) is 7.93. The van der Waals surface area contributed by atoms with E-state index in [1.54, 1.807) is 0 Å². The van der Waals surface area contributed by atoms with Gasteiger partial charge in [-0.15, -0.1) is 0 Å². The molecule has 0 aliphatic carbocycles. The third-order valence-electron chi connectivity index (χ3n) is 2.76. The first-order valence-corrected chi connectivity index (χ1v) is 5.31. The predicted molar refractivity (Wildman–Crippen MR) is 61.3 cm³/mol. The SMILES string of the molecule is OCc1cn(Cc2ncon2)c2ccccc12. The molecule has 0 radical (unpaired) electrons. The molecule has 0 spiro atoms. The predicted octanol–water partition coefficient (Wildman–Crippen LogP) is 1.56. The van der Waals surface area contributed by atoms with Crippen molar-refractivity contribution < 1.29 is 9.63 Å². The van der Waals surface area contributed by atoms with Crippen molar-refractivity contribution in [3.05, 3.63) is 48.2 Å². The maximum atomic E-state index is 9.31. The van der Waals surface area contributed by atoms with Crippen LogP contribution >= 0.6 is 0 Å². The fourth-order valence-electron chi connectivity index (χ4n) is 1.99. The van der Waals surface area contributed by atoms with Gasteiger partial charge < -0.3 is 14.2 Å². The lowest BCUT2D eigenvalue weighted by Crippen LogP contribution is -1.99. The number of aliphatic hydroxyl groups is 1. The minimum atomic E-state index is 0.0275. The molecule has 17 heavy (non-hydrogen) atoms. The number of aliphatic hydroxyl groups excluding tert-OH is 1. The van der Waals surface area contributed by atoms with Gasteiger partial charge in [0.05, 0.1) is 13.2 Å². The quantitative estimate of drug-likeness (QED) is 0.740. The van der Waals surface area contributed by atoms with Crippen LogP contribution in [-0.2, 0) is 13.2 Å². The molecule has 5 nitrogen and oxygen atoms in total. The largest absolute Gasteiger partial charge is 0.392 e. The molecule has 0 aliphatic rings. The topological polar surface area (TPSA) is 64.1 Å². The molecule has 0 atom stereocenters. The first-order valence-electron chi connectivity index (χ1n) is 5.31. The van der Waals surface area contributed by atoms with Gasteiger partial charge in [-0.3, -0.25) is 0 Å². The van der Waals surface area contributed by atoms with Crippen molar-refractivity contribution in [3.63, 3.8) is 0 Å². The molecule has 0 unspecified atom stereocenters. The van der Waals surface area contributed by atoms with Crippen LogP contribution < -0.4 is 0 Å². The molecule has 3 aromatic rings. The van der Waals surface area contributed by atoms with Crippen LogP contribution in [0.5, 0.6) is 0 Å². The van der Waals surface area contributed by atoms with Gasteiger partial charge >= 0.3 is 0 Å². The number of hydrogen-bond acceptors (Lipinski definition) is 4. The molecule has 0 saturated carbocycles.